The Morgan fingerprint density at radius 3 is 2.57 bits per heavy atom. The van der Waals surface area contributed by atoms with Crippen molar-refractivity contribution >= 4 is 5.97 Å². The molecule has 1 saturated carbocycles. The smallest absolute Gasteiger partial charge is 0.306 e. The Labute approximate surface area is 82.5 Å². The highest BCUT2D eigenvalue weighted by atomic mass is 16.4. The van der Waals surface area contributed by atoms with Crippen molar-refractivity contribution < 1.29 is 9.90 Å². The maximum atomic E-state index is 10.7. The maximum Gasteiger partial charge on any atom is 0.306 e. The van der Waals surface area contributed by atoms with Gasteiger partial charge in [-0.2, -0.15) is 5.10 Å². The van der Waals surface area contributed by atoms with Crippen molar-refractivity contribution in [2.24, 2.45) is 5.92 Å². The van der Waals surface area contributed by atoms with E-state index >= 15 is 0 Å². The number of rotatable bonds is 2. The van der Waals surface area contributed by atoms with Gasteiger partial charge < -0.3 is 5.11 Å². The Bertz CT molecular complexity index is 300. The van der Waals surface area contributed by atoms with E-state index in [1.54, 1.807) is 6.20 Å². The van der Waals surface area contributed by atoms with Gasteiger partial charge in [0.1, 0.15) is 0 Å². The topological polar surface area (TPSA) is 55.1 Å². The van der Waals surface area contributed by atoms with Gasteiger partial charge >= 0.3 is 5.97 Å². The summed E-state index contributed by atoms with van der Waals surface area (Å²) in [6, 6.07) is 2.31. The quantitative estimate of drug-likeness (QED) is 0.779. The molecule has 4 heteroatoms. The summed E-state index contributed by atoms with van der Waals surface area (Å²) in [4.78, 5) is 10.7. The summed E-state index contributed by atoms with van der Waals surface area (Å²) >= 11 is 0. The lowest BCUT2D eigenvalue weighted by Gasteiger charge is -2.26. The Kier molecular flexibility index (Phi) is 2.52. The molecule has 1 N–H and O–H groups in total. The van der Waals surface area contributed by atoms with E-state index in [0.717, 1.165) is 25.7 Å². The lowest BCUT2D eigenvalue weighted by molar-refractivity contribution is -0.143. The highest BCUT2D eigenvalue weighted by Crippen LogP contribution is 2.31. The van der Waals surface area contributed by atoms with E-state index in [9.17, 15) is 4.79 Å². The number of carboxylic acids is 1. The van der Waals surface area contributed by atoms with Crippen molar-refractivity contribution in [1.29, 1.82) is 0 Å². The molecule has 2 rings (SSSR count). The lowest BCUT2D eigenvalue weighted by atomic mass is 9.86. The van der Waals surface area contributed by atoms with Gasteiger partial charge in [-0.1, -0.05) is 0 Å². The number of carboxylic acid groups (broad SMARTS) is 1. The predicted molar refractivity (Wildman–Crippen MR) is 50.9 cm³/mol. The fraction of sp³-hybridized carbons (Fsp3) is 0.600. The third kappa shape index (κ3) is 1.78. The first kappa shape index (κ1) is 9.24. The zero-order valence-electron chi connectivity index (χ0n) is 7.97. The number of hydrogen-bond acceptors (Lipinski definition) is 2. The van der Waals surface area contributed by atoms with Gasteiger partial charge in [0.2, 0.25) is 0 Å². The molecule has 1 fully saturated rings. The van der Waals surface area contributed by atoms with Crippen molar-refractivity contribution in [1.82, 2.24) is 9.78 Å². The summed E-state index contributed by atoms with van der Waals surface area (Å²) in [6.45, 7) is 0. The molecular formula is C10H14N2O2. The van der Waals surface area contributed by atoms with E-state index in [4.69, 9.17) is 5.11 Å². The van der Waals surface area contributed by atoms with Crippen LogP contribution in [0.5, 0.6) is 0 Å². The largest absolute Gasteiger partial charge is 0.481 e. The van der Waals surface area contributed by atoms with Gasteiger partial charge in [0.15, 0.2) is 0 Å². The third-order valence-corrected chi connectivity index (χ3v) is 2.94. The zero-order chi connectivity index (χ0) is 9.97. The average molecular weight is 194 g/mol. The molecule has 0 radical (unpaired) electrons. The molecule has 1 heterocycles. The summed E-state index contributed by atoms with van der Waals surface area (Å²) in [6.07, 6.45) is 7.13. The van der Waals surface area contributed by atoms with Crippen LogP contribution >= 0.6 is 0 Å². The Balaban J connectivity index is 1.93. The highest BCUT2D eigenvalue weighted by Gasteiger charge is 2.26. The molecule has 0 aromatic carbocycles. The first-order valence-electron chi connectivity index (χ1n) is 4.99. The molecule has 1 aromatic heterocycles. The van der Waals surface area contributed by atoms with Crippen LogP contribution in [0.3, 0.4) is 0 Å². The summed E-state index contributed by atoms with van der Waals surface area (Å²) in [5.74, 6) is -0.786. The number of carbonyl (C=O) groups is 1. The van der Waals surface area contributed by atoms with Gasteiger partial charge in [0.05, 0.1) is 12.0 Å². The van der Waals surface area contributed by atoms with Gasteiger partial charge in [-0.05, 0) is 31.7 Å². The van der Waals surface area contributed by atoms with Crippen LogP contribution in [0, 0.1) is 5.92 Å². The molecule has 14 heavy (non-hydrogen) atoms. The Morgan fingerprint density at radius 2 is 2.07 bits per heavy atom. The van der Waals surface area contributed by atoms with Crippen LogP contribution in [0.15, 0.2) is 18.5 Å². The van der Waals surface area contributed by atoms with Gasteiger partial charge in [-0.3, -0.25) is 9.48 Å². The second-order valence-electron chi connectivity index (χ2n) is 3.83. The zero-order valence-corrected chi connectivity index (χ0v) is 7.97. The first-order valence-corrected chi connectivity index (χ1v) is 4.99. The predicted octanol–water partition coefficient (Wildman–Crippen LogP) is 1.70. The normalized spacial score (nSPS) is 27.4. The molecule has 0 saturated heterocycles. The minimum atomic E-state index is -0.649. The third-order valence-electron chi connectivity index (χ3n) is 2.94. The van der Waals surface area contributed by atoms with E-state index in [1.165, 1.54) is 0 Å². The molecule has 0 aliphatic heterocycles. The number of nitrogens with zero attached hydrogens (tertiary/aromatic N) is 2. The van der Waals surface area contributed by atoms with Gasteiger partial charge in [0, 0.05) is 12.4 Å². The first-order chi connectivity index (χ1) is 6.77. The van der Waals surface area contributed by atoms with E-state index in [0.29, 0.717) is 6.04 Å². The monoisotopic (exact) mass is 194 g/mol. The van der Waals surface area contributed by atoms with Crippen molar-refractivity contribution in [2.45, 2.75) is 31.7 Å². The van der Waals surface area contributed by atoms with Crippen LogP contribution in [0.4, 0.5) is 0 Å². The number of hydrogen-bond donors (Lipinski definition) is 1. The van der Waals surface area contributed by atoms with Crippen LogP contribution < -0.4 is 0 Å². The molecule has 0 unspecified atom stereocenters. The lowest BCUT2D eigenvalue weighted by Crippen LogP contribution is -2.23. The standard InChI is InChI=1S/C10H14N2O2/c13-10(14)8-2-4-9(5-3-8)12-7-1-6-11-12/h1,6-9H,2-5H2,(H,13,14)/t8-,9-. The van der Waals surface area contributed by atoms with Crippen molar-refractivity contribution in [3.63, 3.8) is 0 Å². The molecule has 76 valence electrons. The fourth-order valence-electron chi connectivity index (χ4n) is 2.08. The molecule has 1 aliphatic rings. The minimum Gasteiger partial charge on any atom is -0.481 e. The molecule has 0 atom stereocenters. The summed E-state index contributed by atoms with van der Waals surface area (Å²) in [5.41, 5.74) is 0. The van der Waals surface area contributed by atoms with Gasteiger partial charge in [0.25, 0.3) is 0 Å². The maximum absolute atomic E-state index is 10.7. The second-order valence-corrected chi connectivity index (χ2v) is 3.83. The fourth-order valence-corrected chi connectivity index (χ4v) is 2.08. The van der Waals surface area contributed by atoms with Gasteiger partial charge in [-0.25, -0.2) is 0 Å². The molecule has 0 bridgehead atoms. The summed E-state index contributed by atoms with van der Waals surface area (Å²) in [7, 11) is 0. The van der Waals surface area contributed by atoms with Crippen LogP contribution in [0.1, 0.15) is 31.7 Å². The number of aromatic nitrogens is 2. The van der Waals surface area contributed by atoms with Crippen molar-refractivity contribution in [3.05, 3.63) is 18.5 Å². The van der Waals surface area contributed by atoms with E-state index < -0.39 is 5.97 Å². The van der Waals surface area contributed by atoms with Crippen molar-refractivity contribution in [2.75, 3.05) is 0 Å². The molecule has 1 aliphatic carbocycles. The molecule has 4 nitrogen and oxygen atoms in total. The Hall–Kier alpha value is -1.32. The highest BCUT2D eigenvalue weighted by molar-refractivity contribution is 5.69. The SMILES string of the molecule is O=C(O)[C@H]1CC[C@H](n2cccn2)CC1. The number of aliphatic carboxylic acids is 1. The van der Waals surface area contributed by atoms with Crippen LogP contribution in [0.25, 0.3) is 0 Å². The van der Waals surface area contributed by atoms with E-state index in [2.05, 4.69) is 5.10 Å². The summed E-state index contributed by atoms with van der Waals surface area (Å²) in [5, 5.41) is 13.0. The Morgan fingerprint density at radius 1 is 1.36 bits per heavy atom. The van der Waals surface area contributed by atoms with E-state index in [-0.39, 0.29) is 5.92 Å². The van der Waals surface area contributed by atoms with Crippen LogP contribution in [0.2, 0.25) is 0 Å². The second kappa shape index (κ2) is 3.82. The van der Waals surface area contributed by atoms with Gasteiger partial charge in [-0.15, -0.1) is 0 Å². The average Bonchev–Trinajstić information content (AvgIpc) is 2.71. The van der Waals surface area contributed by atoms with Crippen LogP contribution in [-0.2, 0) is 4.79 Å². The summed E-state index contributed by atoms with van der Waals surface area (Å²) < 4.78 is 1.94. The minimum absolute atomic E-state index is 0.137. The molecule has 1 aromatic rings. The van der Waals surface area contributed by atoms with Crippen LogP contribution in [-0.4, -0.2) is 20.9 Å². The van der Waals surface area contributed by atoms with E-state index in [1.807, 2.05) is 16.9 Å². The molecule has 0 spiro atoms. The molecular weight excluding hydrogens is 180 g/mol. The van der Waals surface area contributed by atoms with Crippen molar-refractivity contribution in [3.8, 4) is 0 Å². The molecule has 0 amide bonds.